The van der Waals surface area contributed by atoms with Crippen molar-refractivity contribution < 1.29 is 14.9 Å². The molecule has 1 aromatic carbocycles. The smallest absolute Gasteiger partial charge is 0.353 e. The Morgan fingerprint density at radius 3 is 2.26 bits per heavy atom. The molecule has 1 aromatic heterocycles. The van der Waals surface area contributed by atoms with E-state index in [4.69, 9.17) is 10.2 Å². The number of aryl methyl sites for hydroxylation is 1. The van der Waals surface area contributed by atoms with E-state index < -0.39 is 0 Å². The fraction of sp³-hybridized carbons (Fsp3) is 0.312. The van der Waals surface area contributed by atoms with E-state index >= 15 is 0 Å². The van der Waals surface area contributed by atoms with Gasteiger partial charge in [0.2, 0.25) is 0 Å². The summed E-state index contributed by atoms with van der Waals surface area (Å²) >= 11 is 0. The van der Waals surface area contributed by atoms with Gasteiger partial charge in [0.05, 0.1) is 18.3 Å². The van der Waals surface area contributed by atoms with Gasteiger partial charge in [-0.2, -0.15) is 0 Å². The molecular weight excluding hydrogens is 296 g/mol. The summed E-state index contributed by atoms with van der Waals surface area (Å²) in [6.45, 7) is 2.62. The largest absolute Gasteiger partial charge is 0.710 e. The van der Waals surface area contributed by atoms with E-state index in [1.807, 2.05) is 17.0 Å². The number of hydrogen-bond acceptors (Lipinski definition) is 6. The first-order valence-electron chi connectivity index (χ1n) is 7.33. The Hall–Kier alpha value is -2.51. The van der Waals surface area contributed by atoms with Crippen LogP contribution < -0.4 is 9.63 Å². The molecule has 7 nitrogen and oxygen atoms in total. The van der Waals surface area contributed by atoms with Crippen LogP contribution in [-0.2, 0) is 0 Å². The minimum absolute atomic E-state index is 0.0122. The van der Waals surface area contributed by atoms with Gasteiger partial charge >= 0.3 is 5.82 Å². The summed E-state index contributed by atoms with van der Waals surface area (Å²) in [7, 11) is 0. The third-order valence-electron chi connectivity index (χ3n) is 3.33. The van der Waals surface area contributed by atoms with Crippen molar-refractivity contribution in [2.24, 2.45) is 10.2 Å². The van der Waals surface area contributed by atoms with Crippen LogP contribution in [-0.4, -0.2) is 36.5 Å². The van der Waals surface area contributed by atoms with Crippen LogP contribution in [0, 0.1) is 12.1 Å². The van der Waals surface area contributed by atoms with Gasteiger partial charge in [0, 0.05) is 24.8 Å². The lowest BCUT2D eigenvalue weighted by Gasteiger charge is -2.22. The van der Waals surface area contributed by atoms with Gasteiger partial charge < -0.3 is 20.3 Å². The zero-order valence-electron chi connectivity index (χ0n) is 13.0. The van der Waals surface area contributed by atoms with Crippen molar-refractivity contribution in [1.82, 2.24) is 0 Å². The lowest BCUT2D eigenvalue weighted by molar-refractivity contribution is -0.598. The summed E-state index contributed by atoms with van der Waals surface area (Å²) in [6, 6.07) is 12.3. The van der Waals surface area contributed by atoms with Crippen LogP contribution in [0.2, 0.25) is 0 Å². The Bertz CT molecular complexity index is 653. The van der Waals surface area contributed by atoms with Crippen molar-refractivity contribution in [2.75, 3.05) is 31.2 Å². The predicted molar refractivity (Wildman–Crippen MR) is 87.1 cm³/mol. The van der Waals surface area contributed by atoms with E-state index in [1.54, 1.807) is 37.3 Å². The summed E-state index contributed by atoms with van der Waals surface area (Å²) < 4.78 is 0.724. The number of aliphatic hydroxyl groups is 2. The second-order valence-corrected chi connectivity index (χ2v) is 4.97. The van der Waals surface area contributed by atoms with Crippen molar-refractivity contribution in [3.63, 3.8) is 0 Å². The number of rotatable bonds is 7. The third-order valence-corrected chi connectivity index (χ3v) is 3.33. The first-order chi connectivity index (χ1) is 11.2. The first kappa shape index (κ1) is 16.9. The van der Waals surface area contributed by atoms with Gasteiger partial charge in [0.25, 0.3) is 0 Å². The van der Waals surface area contributed by atoms with E-state index in [-0.39, 0.29) is 19.0 Å². The standard InChI is InChI=1S/C16H20N4O3/c1-13-3-2-4-16(20(13)23)18-17-14-5-7-15(8-6-14)19(9-11-21)10-12-22/h2-8,21-22H,9-12H2,1H3. The number of benzene rings is 1. The molecule has 7 heteroatoms. The first-order valence-corrected chi connectivity index (χ1v) is 7.33. The lowest BCUT2D eigenvalue weighted by atomic mass is 10.2. The molecule has 0 radical (unpaired) electrons. The van der Waals surface area contributed by atoms with Gasteiger partial charge in [-0.1, -0.05) is 0 Å². The van der Waals surface area contributed by atoms with Gasteiger partial charge in [-0.05, 0) is 48.4 Å². The molecule has 23 heavy (non-hydrogen) atoms. The summed E-state index contributed by atoms with van der Waals surface area (Å²) in [4.78, 5) is 1.87. The number of pyridine rings is 1. The second kappa shape index (κ2) is 8.21. The van der Waals surface area contributed by atoms with Crippen LogP contribution in [0.4, 0.5) is 17.2 Å². The molecule has 0 amide bonds. The Kier molecular flexibility index (Phi) is 6.02. The second-order valence-electron chi connectivity index (χ2n) is 4.97. The van der Waals surface area contributed by atoms with E-state index in [0.717, 1.165) is 10.4 Å². The van der Waals surface area contributed by atoms with Crippen molar-refractivity contribution in [3.8, 4) is 0 Å². The van der Waals surface area contributed by atoms with E-state index in [0.29, 0.717) is 24.5 Å². The van der Waals surface area contributed by atoms with Gasteiger partial charge in [-0.25, -0.2) is 4.73 Å². The van der Waals surface area contributed by atoms with Crippen molar-refractivity contribution in [3.05, 3.63) is 53.4 Å². The highest BCUT2D eigenvalue weighted by Crippen LogP contribution is 2.21. The maximum atomic E-state index is 11.8. The summed E-state index contributed by atoms with van der Waals surface area (Å²) in [5.74, 6) is 0.233. The molecule has 2 rings (SSSR count). The molecule has 0 atom stereocenters. The van der Waals surface area contributed by atoms with Crippen LogP contribution in [0.25, 0.3) is 0 Å². The highest BCUT2D eigenvalue weighted by molar-refractivity contribution is 5.52. The number of anilines is 1. The van der Waals surface area contributed by atoms with Gasteiger partial charge in [0.1, 0.15) is 11.4 Å². The molecule has 0 unspecified atom stereocenters. The van der Waals surface area contributed by atoms with Crippen LogP contribution in [0.15, 0.2) is 52.7 Å². The number of aliphatic hydroxyl groups excluding tert-OH is 2. The monoisotopic (exact) mass is 316 g/mol. The van der Waals surface area contributed by atoms with Gasteiger partial charge in [0.15, 0.2) is 0 Å². The van der Waals surface area contributed by atoms with Crippen LogP contribution >= 0.6 is 0 Å². The number of nitrogens with zero attached hydrogens (tertiary/aromatic N) is 4. The summed E-state index contributed by atoms with van der Waals surface area (Å²) in [6.07, 6.45) is 0. The van der Waals surface area contributed by atoms with Gasteiger partial charge in [-0.3, -0.25) is 0 Å². The fourth-order valence-electron chi connectivity index (χ4n) is 2.11. The zero-order chi connectivity index (χ0) is 16.7. The third kappa shape index (κ3) is 4.48. The highest BCUT2D eigenvalue weighted by Gasteiger charge is 2.07. The SMILES string of the molecule is Cc1cccc(N=Nc2ccc(N(CCO)CCO)cc2)[n+]1[O-]. The molecule has 122 valence electrons. The Morgan fingerprint density at radius 1 is 1.00 bits per heavy atom. The van der Waals surface area contributed by atoms with Gasteiger partial charge in [-0.15, -0.1) is 0 Å². The van der Waals surface area contributed by atoms with Crippen molar-refractivity contribution in [1.29, 1.82) is 0 Å². The minimum atomic E-state index is 0.0122. The molecule has 2 aromatic rings. The normalized spacial score (nSPS) is 11.1. The molecule has 0 aliphatic heterocycles. The van der Waals surface area contributed by atoms with Crippen molar-refractivity contribution in [2.45, 2.75) is 6.92 Å². The molecular formula is C16H20N4O3. The molecule has 2 N–H and O–H groups in total. The lowest BCUT2D eigenvalue weighted by Crippen LogP contribution is -2.29. The van der Waals surface area contributed by atoms with Crippen LogP contribution in [0.1, 0.15) is 5.69 Å². The molecule has 0 saturated heterocycles. The molecule has 0 aliphatic carbocycles. The van der Waals surface area contributed by atoms with Crippen LogP contribution in [0.5, 0.6) is 0 Å². The average Bonchev–Trinajstić information content (AvgIpc) is 2.56. The highest BCUT2D eigenvalue weighted by atomic mass is 16.5. The molecule has 0 fully saturated rings. The van der Waals surface area contributed by atoms with E-state index in [9.17, 15) is 5.21 Å². The Morgan fingerprint density at radius 2 is 1.65 bits per heavy atom. The summed E-state index contributed by atoms with van der Waals surface area (Å²) in [5, 5.41) is 37.9. The molecule has 0 spiro atoms. The summed E-state index contributed by atoms with van der Waals surface area (Å²) in [5.41, 5.74) is 2.05. The Labute approximate surface area is 134 Å². The molecule has 0 aliphatic rings. The van der Waals surface area contributed by atoms with Crippen LogP contribution in [0.3, 0.4) is 0 Å². The molecule has 0 bridgehead atoms. The van der Waals surface area contributed by atoms with E-state index in [2.05, 4.69) is 10.2 Å². The van der Waals surface area contributed by atoms with E-state index in [1.165, 1.54) is 0 Å². The fourth-order valence-corrected chi connectivity index (χ4v) is 2.11. The van der Waals surface area contributed by atoms with Crippen molar-refractivity contribution >= 4 is 17.2 Å². The average molecular weight is 316 g/mol. The number of azo groups is 1. The molecule has 0 saturated carbocycles. The maximum absolute atomic E-state index is 11.8. The molecule has 1 heterocycles. The predicted octanol–water partition coefficient (Wildman–Crippen LogP) is 1.83. The minimum Gasteiger partial charge on any atom is -0.710 e. The maximum Gasteiger partial charge on any atom is 0.353 e. The number of hydrogen-bond donors (Lipinski definition) is 2. The Balaban J connectivity index is 2.13. The topological polar surface area (TPSA) is 95.4 Å². The zero-order valence-corrected chi connectivity index (χ0v) is 13.0. The quantitative estimate of drug-likeness (QED) is 0.463. The number of aromatic nitrogens is 1.